The molecule has 2 aromatic heterocycles. The summed E-state index contributed by atoms with van der Waals surface area (Å²) in [4.78, 5) is 26.6. The number of ether oxygens (including phenoxy) is 3. The van der Waals surface area contributed by atoms with Crippen LogP contribution in [-0.2, 0) is 0 Å². The van der Waals surface area contributed by atoms with E-state index in [2.05, 4.69) is 0 Å². The van der Waals surface area contributed by atoms with Crippen LogP contribution in [0.3, 0.4) is 0 Å². The molecule has 0 radical (unpaired) electrons. The highest BCUT2D eigenvalue weighted by Crippen LogP contribution is 2.38. The van der Waals surface area contributed by atoms with Gasteiger partial charge in [0.05, 0.1) is 10.8 Å². The SMILES string of the molecule is O=c1c2c(O)cc(OCC3CS3)cc2oc2ccc3ccccc3c12.O=c1c2c(OCC3CS3)cc(OCC3CS3)cc2oc2ccc3ccccc3c12. The molecular formula is C43H32O8S3. The number of phenolic OH excluding ortho intramolecular Hbond substituents is 1. The van der Waals surface area contributed by atoms with Gasteiger partial charge in [-0.2, -0.15) is 35.3 Å². The Morgan fingerprint density at radius 1 is 0.537 bits per heavy atom. The van der Waals surface area contributed by atoms with Gasteiger partial charge >= 0.3 is 0 Å². The molecule has 3 aliphatic rings. The van der Waals surface area contributed by atoms with Crippen LogP contribution in [0.1, 0.15) is 0 Å². The van der Waals surface area contributed by atoms with Crippen molar-refractivity contribution >= 4 is 101 Å². The van der Waals surface area contributed by atoms with Crippen molar-refractivity contribution in [1.82, 2.24) is 0 Å². The molecule has 3 fully saturated rings. The zero-order valence-electron chi connectivity index (χ0n) is 28.7. The number of aromatic hydroxyl groups is 1. The fourth-order valence-electron chi connectivity index (χ4n) is 6.72. The highest BCUT2D eigenvalue weighted by atomic mass is 32.2. The molecule has 0 bridgehead atoms. The number of hydrogen-bond acceptors (Lipinski definition) is 11. The molecule has 0 spiro atoms. The van der Waals surface area contributed by atoms with Crippen LogP contribution < -0.4 is 25.1 Å². The summed E-state index contributed by atoms with van der Waals surface area (Å²) in [7, 11) is 0. The maximum absolute atomic E-state index is 13.6. The Balaban J connectivity index is 0.000000135. The summed E-state index contributed by atoms with van der Waals surface area (Å²) in [6, 6.07) is 29.9. The average Bonchev–Trinajstić information content (AvgIpc) is 4.03. The van der Waals surface area contributed by atoms with Crippen LogP contribution in [0.5, 0.6) is 23.0 Å². The van der Waals surface area contributed by atoms with Gasteiger partial charge in [-0.25, -0.2) is 0 Å². The number of thioether (sulfide) groups is 3. The Hall–Kier alpha value is -4.97. The van der Waals surface area contributed by atoms with Crippen molar-refractivity contribution < 1.29 is 28.2 Å². The normalized spacial score (nSPS) is 18.6. The van der Waals surface area contributed by atoms with Crippen molar-refractivity contribution in [1.29, 1.82) is 0 Å². The van der Waals surface area contributed by atoms with Gasteiger partial charge in [-0.05, 0) is 33.7 Å². The fraction of sp³-hybridized carbons (Fsp3) is 0.209. The summed E-state index contributed by atoms with van der Waals surface area (Å²) in [5.74, 6) is 4.99. The van der Waals surface area contributed by atoms with E-state index in [1.807, 2.05) is 114 Å². The maximum atomic E-state index is 13.6. The van der Waals surface area contributed by atoms with Crippen LogP contribution in [0.4, 0.5) is 0 Å². The third kappa shape index (κ3) is 6.58. The second kappa shape index (κ2) is 13.7. The van der Waals surface area contributed by atoms with Crippen LogP contribution >= 0.6 is 35.3 Å². The third-order valence-electron chi connectivity index (χ3n) is 9.73. The Labute approximate surface area is 320 Å². The number of phenols is 1. The molecule has 0 saturated carbocycles. The smallest absolute Gasteiger partial charge is 0.204 e. The van der Waals surface area contributed by atoms with Crippen LogP contribution in [0.25, 0.3) is 65.4 Å². The van der Waals surface area contributed by atoms with Crippen LogP contribution in [0.2, 0.25) is 0 Å². The molecule has 0 amide bonds. The largest absolute Gasteiger partial charge is 0.507 e. The van der Waals surface area contributed by atoms with Crippen molar-refractivity contribution in [3.8, 4) is 23.0 Å². The van der Waals surface area contributed by atoms with Gasteiger partial charge in [-0.1, -0.05) is 60.7 Å². The van der Waals surface area contributed by atoms with Gasteiger partial charge in [0, 0.05) is 57.3 Å². The molecular weight excluding hydrogens is 741 g/mol. The number of hydrogen-bond donors (Lipinski definition) is 1. The zero-order chi connectivity index (χ0) is 36.3. The first-order valence-electron chi connectivity index (χ1n) is 17.7. The summed E-state index contributed by atoms with van der Waals surface area (Å²) in [6.07, 6.45) is 0. The van der Waals surface area contributed by atoms with Gasteiger partial charge < -0.3 is 28.2 Å². The van der Waals surface area contributed by atoms with Crippen molar-refractivity contribution in [2.75, 3.05) is 37.1 Å². The lowest BCUT2D eigenvalue weighted by Gasteiger charge is -2.13. The Morgan fingerprint density at radius 2 is 1.00 bits per heavy atom. The molecule has 1 N–H and O–H groups in total. The summed E-state index contributed by atoms with van der Waals surface area (Å²) in [5.41, 5.74) is 1.66. The van der Waals surface area contributed by atoms with E-state index >= 15 is 0 Å². The van der Waals surface area contributed by atoms with E-state index in [9.17, 15) is 14.7 Å². The topological polar surface area (TPSA) is 108 Å². The molecule has 3 aliphatic heterocycles. The average molecular weight is 773 g/mol. The quantitative estimate of drug-likeness (QED) is 0.0862. The molecule has 0 aliphatic carbocycles. The summed E-state index contributed by atoms with van der Waals surface area (Å²) in [6.45, 7) is 1.85. The van der Waals surface area contributed by atoms with Gasteiger partial charge in [0.25, 0.3) is 0 Å². The number of benzene rings is 6. The highest BCUT2D eigenvalue weighted by Gasteiger charge is 2.27. The minimum atomic E-state index is -0.227. The fourth-order valence-corrected chi connectivity index (χ4v) is 7.91. The van der Waals surface area contributed by atoms with E-state index < -0.39 is 0 Å². The Bertz CT molecular complexity index is 2890. The summed E-state index contributed by atoms with van der Waals surface area (Å²) in [5, 5.41) is 17.5. The highest BCUT2D eigenvalue weighted by molar-refractivity contribution is 8.07. The molecule has 8 aromatic rings. The second-order valence-corrected chi connectivity index (χ2v) is 17.6. The van der Waals surface area contributed by atoms with Gasteiger partial charge in [0.2, 0.25) is 10.9 Å². The Morgan fingerprint density at radius 3 is 1.54 bits per heavy atom. The molecule has 11 heteroatoms. The molecule has 3 atom stereocenters. The van der Waals surface area contributed by atoms with E-state index in [4.69, 9.17) is 23.0 Å². The van der Waals surface area contributed by atoms with E-state index in [0.717, 1.165) is 38.8 Å². The number of fused-ring (bicyclic) bond motifs is 8. The molecule has 270 valence electrons. The molecule has 3 saturated heterocycles. The molecule has 54 heavy (non-hydrogen) atoms. The van der Waals surface area contributed by atoms with Gasteiger partial charge in [0.1, 0.15) is 75.9 Å². The van der Waals surface area contributed by atoms with Crippen molar-refractivity contribution in [3.05, 3.63) is 118 Å². The first-order chi connectivity index (χ1) is 26.5. The first-order valence-corrected chi connectivity index (χ1v) is 20.9. The molecule has 8 nitrogen and oxygen atoms in total. The van der Waals surface area contributed by atoms with E-state index in [-0.39, 0.29) is 22.0 Å². The van der Waals surface area contributed by atoms with Crippen molar-refractivity contribution in [3.63, 3.8) is 0 Å². The molecule has 3 unspecified atom stereocenters. The number of rotatable bonds is 9. The van der Waals surface area contributed by atoms with Crippen LogP contribution in [0, 0.1) is 0 Å². The lowest BCUT2D eigenvalue weighted by molar-refractivity contribution is 0.315. The third-order valence-corrected chi connectivity index (χ3v) is 12.6. The standard InChI is InChI=1S/C23H18O4S2.C20H14O4S/c24-23-21-17-4-2-1-3-13(17)5-6-18(21)27-20-8-14(25-9-15-11-28-15)7-19(22(20)23)26-10-16-12-29-16;21-15-7-12(23-9-13-10-25-13)8-17-19(15)20(22)18-14-4-2-1-3-11(14)5-6-16(18)24-17/h1-8,15-16H,9-12H2;1-8,13,21H,9-10H2. The van der Waals surface area contributed by atoms with Gasteiger partial charge in [-0.15, -0.1) is 0 Å². The summed E-state index contributed by atoms with van der Waals surface area (Å²) >= 11 is 5.60. The van der Waals surface area contributed by atoms with Gasteiger partial charge in [-0.3, -0.25) is 9.59 Å². The maximum Gasteiger partial charge on any atom is 0.204 e. The predicted octanol–water partition coefficient (Wildman–Crippen LogP) is 9.39. The van der Waals surface area contributed by atoms with Crippen molar-refractivity contribution in [2.24, 2.45) is 0 Å². The lowest BCUT2D eigenvalue weighted by Crippen LogP contribution is -2.10. The Kier molecular flexibility index (Phi) is 8.53. The van der Waals surface area contributed by atoms with Crippen molar-refractivity contribution in [2.45, 2.75) is 15.7 Å². The van der Waals surface area contributed by atoms with Crippen LogP contribution in [-0.4, -0.2) is 57.9 Å². The predicted molar refractivity (Wildman–Crippen MR) is 222 cm³/mol. The molecule has 6 aromatic carbocycles. The zero-order valence-corrected chi connectivity index (χ0v) is 31.2. The lowest BCUT2D eigenvalue weighted by atomic mass is 10.0. The minimum Gasteiger partial charge on any atom is -0.507 e. The minimum absolute atomic E-state index is 0.0548. The molecule has 11 rings (SSSR count). The van der Waals surface area contributed by atoms with Gasteiger partial charge in [0.15, 0.2) is 0 Å². The monoisotopic (exact) mass is 772 g/mol. The first kappa shape index (κ1) is 33.6. The van der Waals surface area contributed by atoms with Crippen LogP contribution in [0.15, 0.2) is 115 Å². The van der Waals surface area contributed by atoms with E-state index in [1.165, 1.54) is 6.07 Å². The van der Waals surface area contributed by atoms with E-state index in [1.54, 1.807) is 12.1 Å². The summed E-state index contributed by atoms with van der Waals surface area (Å²) < 4.78 is 29.9. The molecule has 5 heterocycles. The second-order valence-electron chi connectivity index (χ2n) is 13.6. The van der Waals surface area contributed by atoms with E-state index in [0.29, 0.717) is 91.3 Å².